The van der Waals surface area contributed by atoms with Crippen LogP contribution in [0.1, 0.15) is 24.0 Å². The quantitative estimate of drug-likeness (QED) is 0.688. The zero-order valence-electron chi connectivity index (χ0n) is 13.7. The summed E-state index contributed by atoms with van der Waals surface area (Å²) < 4.78 is 11.0. The second-order valence-corrected chi connectivity index (χ2v) is 5.75. The molecule has 1 N–H and O–H groups in total. The van der Waals surface area contributed by atoms with Crippen LogP contribution in [0.5, 0.6) is 11.5 Å². The highest BCUT2D eigenvalue weighted by molar-refractivity contribution is 6.30. The molecule has 2 aromatic rings. The number of nitrogens with one attached hydrogen (secondary N) is 1. The number of ether oxygens (including phenoxy) is 2. The van der Waals surface area contributed by atoms with Crippen LogP contribution >= 0.6 is 11.6 Å². The van der Waals surface area contributed by atoms with E-state index in [0.717, 1.165) is 29.0 Å². The largest absolute Gasteiger partial charge is 0.496 e. The van der Waals surface area contributed by atoms with E-state index in [0.29, 0.717) is 31.1 Å². The number of halogens is 1. The van der Waals surface area contributed by atoms with E-state index in [4.69, 9.17) is 26.3 Å². The lowest BCUT2D eigenvalue weighted by Gasteiger charge is -2.11. The third-order valence-corrected chi connectivity index (χ3v) is 3.72. The highest BCUT2D eigenvalue weighted by atomic mass is 35.5. The second-order valence-electron chi connectivity index (χ2n) is 5.32. The molecule has 0 spiro atoms. The molecule has 0 amide bonds. The molecular weight excluding hydrogens is 324 g/mol. The topological polar surface area (TPSA) is 54.3 Å². The molecule has 0 radical (unpaired) electrons. The van der Waals surface area contributed by atoms with E-state index >= 15 is 0 Å². The van der Waals surface area contributed by atoms with E-state index < -0.39 is 0 Å². The summed E-state index contributed by atoms with van der Waals surface area (Å²) in [5, 5.41) is 12.6. The Kier molecular flexibility index (Phi) is 7.41. The Bertz CT molecular complexity index is 698. The van der Waals surface area contributed by atoms with Crippen molar-refractivity contribution in [1.82, 2.24) is 5.32 Å². The van der Waals surface area contributed by atoms with Crippen molar-refractivity contribution in [1.29, 1.82) is 5.26 Å². The number of hydrogen-bond donors (Lipinski definition) is 1. The minimum absolute atomic E-state index is 0.517. The maximum Gasteiger partial charge on any atom is 0.123 e. The number of nitriles is 1. The zero-order valence-corrected chi connectivity index (χ0v) is 14.5. The molecule has 0 atom stereocenters. The number of hydrogen-bond acceptors (Lipinski definition) is 4. The molecule has 0 aliphatic carbocycles. The highest BCUT2D eigenvalue weighted by Crippen LogP contribution is 2.22. The molecule has 0 saturated carbocycles. The summed E-state index contributed by atoms with van der Waals surface area (Å²) >= 11 is 6.04. The monoisotopic (exact) mass is 344 g/mol. The molecular formula is C19H21ClN2O2. The van der Waals surface area contributed by atoms with Crippen molar-refractivity contribution >= 4 is 11.6 Å². The first-order valence-corrected chi connectivity index (χ1v) is 8.22. The Morgan fingerprint density at radius 3 is 2.83 bits per heavy atom. The van der Waals surface area contributed by atoms with Gasteiger partial charge in [-0.05, 0) is 42.3 Å². The van der Waals surface area contributed by atoms with Crippen LogP contribution in [-0.4, -0.2) is 13.7 Å². The third kappa shape index (κ3) is 5.77. The summed E-state index contributed by atoms with van der Waals surface area (Å²) in [7, 11) is 1.65. The van der Waals surface area contributed by atoms with Crippen LogP contribution in [0.3, 0.4) is 0 Å². The number of methoxy groups -OCH3 is 1. The van der Waals surface area contributed by atoms with Crippen LogP contribution < -0.4 is 14.8 Å². The maximum absolute atomic E-state index is 8.52. The second kappa shape index (κ2) is 9.82. The first-order valence-electron chi connectivity index (χ1n) is 7.84. The summed E-state index contributed by atoms with van der Waals surface area (Å²) in [4.78, 5) is 0. The van der Waals surface area contributed by atoms with Crippen molar-refractivity contribution < 1.29 is 9.47 Å². The number of unbranched alkanes of at least 4 members (excludes halogenated alkanes) is 1. The molecule has 0 unspecified atom stereocenters. The van der Waals surface area contributed by atoms with Gasteiger partial charge in [-0.25, -0.2) is 0 Å². The number of rotatable bonds is 9. The summed E-state index contributed by atoms with van der Waals surface area (Å²) in [6, 6.07) is 15.7. The minimum Gasteiger partial charge on any atom is -0.496 e. The number of benzene rings is 2. The Hall–Kier alpha value is -2.22. The predicted octanol–water partition coefficient (Wildman–Crippen LogP) is 4.32. The Morgan fingerprint density at radius 2 is 2.04 bits per heavy atom. The zero-order chi connectivity index (χ0) is 17.2. The molecule has 126 valence electrons. The van der Waals surface area contributed by atoms with Gasteiger partial charge in [0.05, 0.1) is 19.8 Å². The van der Waals surface area contributed by atoms with Gasteiger partial charge in [0.25, 0.3) is 0 Å². The van der Waals surface area contributed by atoms with Gasteiger partial charge in [0.15, 0.2) is 0 Å². The van der Waals surface area contributed by atoms with Gasteiger partial charge in [0.1, 0.15) is 11.5 Å². The Labute approximate surface area is 148 Å². The van der Waals surface area contributed by atoms with Crippen molar-refractivity contribution in [2.75, 3.05) is 13.7 Å². The lowest BCUT2D eigenvalue weighted by Crippen LogP contribution is -2.13. The van der Waals surface area contributed by atoms with Crippen LogP contribution in [0, 0.1) is 11.3 Å². The van der Waals surface area contributed by atoms with Gasteiger partial charge in [0, 0.05) is 30.1 Å². The van der Waals surface area contributed by atoms with Gasteiger partial charge in [-0.15, -0.1) is 0 Å². The maximum atomic E-state index is 8.52. The molecule has 0 aromatic heterocycles. The predicted molar refractivity (Wildman–Crippen MR) is 95.3 cm³/mol. The average molecular weight is 345 g/mol. The van der Waals surface area contributed by atoms with E-state index in [1.54, 1.807) is 7.11 Å². The summed E-state index contributed by atoms with van der Waals surface area (Å²) in [5.74, 6) is 1.65. The molecule has 2 rings (SSSR count). The average Bonchev–Trinajstić information content (AvgIpc) is 2.59. The van der Waals surface area contributed by atoms with Gasteiger partial charge in [-0.2, -0.15) is 5.26 Å². The molecule has 24 heavy (non-hydrogen) atoms. The fourth-order valence-electron chi connectivity index (χ4n) is 2.31. The van der Waals surface area contributed by atoms with Crippen LogP contribution in [0.15, 0.2) is 42.5 Å². The first-order chi connectivity index (χ1) is 11.7. The standard InChI is InChI=1S/C19H21ClN2O2/c1-23-19-8-7-17(20)12-16(19)14-22-13-15-5-4-6-18(11-15)24-10-3-2-9-21/h4-8,11-12,22H,2-3,10,13-14H2,1H3. The minimum atomic E-state index is 0.517. The fraction of sp³-hybridized carbons (Fsp3) is 0.316. The molecule has 5 heteroatoms. The Balaban J connectivity index is 1.86. The lowest BCUT2D eigenvalue weighted by molar-refractivity contribution is 0.312. The van der Waals surface area contributed by atoms with E-state index in [1.807, 2.05) is 42.5 Å². The summed E-state index contributed by atoms with van der Waals surface area (Å²) in [5.41, 5.74) is 2.16. The van der Waals surface area contributed by atoms with Crippen molar-refractivity contribution in [2.24, 2.45) is 0 Å². The SMILES string of the molecule is COc1ccc(Cl)cc1CNCc1cccc(OCCCC#N)c1. The Morgan fingerprint density at radius 1 is 1.17 bits per heavy atom. The molecule has 0 aliphatic heterocycles. The lowest BCUT2D eigenvalue weighted by atomic mass is 10.1. The van der Waals surface area contributed by atoms with E-state index in [2.05, 4.69) is 11.4 Å². The van der Waals surface area contributed by atoms with E-state index in [9.17, 15) is 0 Å². The number of nitrogens with zero attached hydrogens (tertiary/aromatic N) is 1. The molecule has 0 bridgehead atoms. The molecule has 0 heterocycles. The van der Waals surface area contributed by atoms with Gasteiger partial charge >= 0.3 is 0 Å². The van der Waals surface area contributed by atoms with Crippen molar-refractivity contribution in [3.05, 3.63) is 58.6 Å². The van der Waals surface area contributed by atoms with Crippen molar-refractivity contribution in [3.63, 3.8) is 0 Å². The van der Waals surface area contributed by atoms with E-state index in [1.165, 1.54) is 0 Å². The summed E-state index contributed by atoms with van der Waals surface area (Å²) in [6.45, 7) is 1.94. The molecule has 0 saturated heterocycles. The first kappa shape index (κ1) is 18.1. The molecule has 0 aliphatic rings. The van der Waals surface area contributed by atoms with Crippen LogP contribution in [0.25, 0.3) is 0 Å². The van der Waals surface area contributed by atoms with Gasteiger partial charge in [0.2, 0.25) is 0 Å². The normalized spacial score (nSPS) is 10.2. The third-order valence-electron chi connectivity index (χ3n) is 3.49. The van der Waals surface area contributed by atoms with Crippen LogP contribution in [0.4, 0.5) is 0 Å². The highest BCUT2D eigenvalue weighted by Gasteiger charge is 2.04. The smallest absolute Gasteiger partial charge is 0.123 e. The van der Waals surface area contributed by atoms with Gasteiger partial charge < -0.3 is 14.8 Å². The summed E-state index contributed by atoms with van der Waals surface area (Å²) in [6.07, 6.45) is 1.26. The van der Waals surface area contributed by atoms with E-state index in [-0.39, 0.29) is 0 Å². The van der Waals surface area contributed by atoms with Crippen LogP contribution in [-0.2, 0) is 13.1 Å². The fourth-order valence-corrected chi connectivity index (χ4v) is 2.51. The van der Waals surface area contributed by atoms with Crippen molar-refractivity contribution in [2.45, 2.75) is 25.9 Å². The van der Waals surface area contributed by atoms with Crippen LogP contribution in [0.2, 0.25) is 5.02 Å². The molecule has 2 aromatic carbocycles. The van der Waals surface area contributed by atoms with Gasteiger partial charge in [-0.1, -0.05) is 23.7 Å². The van der Waals surface area contributed by atoms with Gasteiger partial charge in [-0.3, -0.25) is 0 Å². The molecule has 4 nitrogen and oxygen atoms in total. The van der Waals surface area contributed by atoms with Crippen molar-refractivity contribution in [3.8, 4) is 17.6 Å². The molecule has 0 fully saturated rings.